The van der Waals surface area contributed by atoms with Gasteiger partial charge in [0.15, 0.2) is 0 Å². The molecule has 0 spiro atoms. The minimum atomic E-state index is -0.551. The van der Waals surface area contributed by atoms with Crippen molar-refractivity contribution >= 4 is 12.0 Å². The second kappa shape index (κ2) is 6.26. The van der Waals surface area contributed by atoms with Gasteiger partial charge in [0, 0.05) is 18.4 Å². The number of alkyl carbamates (subject to hydrolysis) is 1. The molecule has 23 heavy (non-hydrogen) atoms. The number of hydrogen-bond acceptors (Lipinski definition) is 4. The third-order valence-electron chi connectivity index (χ3n) is 3.57. The van der Waals surface area contributed by atoms with Crippen LogP contribution in [0.1, 0.15) is 52.7 Å². The molecule has 1 fully saturated rings. The van der Waals surface area contributed by atoms with Crippen LogP contribution < -0.4 is 10.6 Å². The van der Waals surface area contributed by atoms with Crippen molar-refractivity contribution in [2.45, 2.75) is 58.1 Å². The molecule has 1 aromatic heterocycles. The molecular weight excluding hydrogens is 296 g/mol. The zero-order valence-electron chi connectivity index (χ0n) is 14.4. The second-order valence-electron chi connectivity index (χ2n) is 7.69. The molecule has 2 amide bonds. The second-order valence-corrected chi connectivity index (χ2v) is 7.69. The van der Waals surface area contributed by atoms with E-state index >= 15 is 0 Å². The molecule has 2 N–H and O–H groups in total. The quantitative estimate of drug-likeness (QED) is 0.873. The molecule has 0 saturated heterocycles. The summed E-state index contributed by atoms with van der Waals surface area (Å²) in [6.07, 6.45) is 1.94. The molecule has 1 saturated carbocycles. The minimum Gasteiger partial charge on any atom is -0.469 e. The van der Waals surface area contributed by atoms with Gasteiger partial charge in [-0.1, -0.05) is 0 Å². The molecule has 0 bridgehead atoms. The highest BCUT2D eigenvalue weighted by Crippen LogP contribution is 2.47. The molecule has 1 aliphatic rings. The third-order valence-corrected chi connectivity index (χ3v) is 3.57. The van der Waals surface area contributed by atoms with E-state index in [1.165, 1.54) is 0 Å². The summed E-state index contributed by atoms with van der Waals surface area (Å²) in [5.41, 5.74) is -1.09. The SMILES string of the molecule is CC(C)(CNC(=O)OC(C)(C)C)NC(=O)[C@H]1C[C@@H]1c1ccco1. The fraction of sp³-hybridized carbons (Fsp3) is 0.647. The summed E-state index contributed by atoms with van der Waals surface area (Å²) in [6.45, 7) is 9.45. The lowest BCUT2D eigenvalue weighted by atomic mass is 10.1. The Morgan fingerprint density at radius 1 is 1.30 bits per heavy atom. The summed E-state index contributed by atoms with van der Waals surface area (Å²) < 4.78 is 10.5. The molecule has 0 radical (unpaired) electrons. The molecule has 1 heterocycles. The van der Waals surface area contributed by atoms with Gasteiger partial charge in [-0.2, -0.15) is 0 Å². The number of carbonyl (C=O) groups is 2. The van der Waals surface area contributed by atoms with E-state index in [0.29, 0.717) is 6.54 Å². The number of ether oxygens (including phenoxy) is 1. The maximum Gasteiger partial charge on any atom is 0.407 e. The number of amides is 2. The average molecular weight is 322 g/mol. The Morgan fingerprint density at radius 3 is 2.57 bits per heavy atom. The van der Waals surface area contributed by atoms with Crippen LogP contribution in [0.25, 0.3) is 0 Å². The van der Waals surface area contributed by atoms with Gasteiger partial charge in [-0.3, -0.25) is 4.79 Å². The number of carbonyl (C=O) groups excluding carboxylic acids is 2. The van der Waals surface area contributed by atoms with Crippen LogP contribution in [0.15, 0.2) is 22.8 Å². The summed E-state index contributed by atoms with van der Waals surface area (Å²) in [7, 11) is 0. The highest BCUT2D eigenvalue weighted by molar-refractivity contribution is 5.83. The van der Waals surface area contributed by atoms with Crippen LogP contribution in [-0.2, 0) is 9.53 Å². The predicted octanol–water partition coefficient (Wildman–Crippen LogP) is 2.80. The monoisotopic (exact) mass is 322 g/mol. The molecule has 2 rings (SSSR count). The van der Waals surface area contributed by atoms with Crippen LogP contribution in [0.4, 0.5) is 4.79 Å². The summed E-state index contributed by atoms with van der Waals surface area (Å²) in [5, 5.41) is 5.67. The molecule has 0 aromatic carbocycles. The first-order valence-corrected chi connectivity index (χ1v) is 7.90. The molecule has 1 aromatic rings. The Balaban J connectivity index is 1.77. The van der Waals surface area contributed by atoms with E-state index in [9.17, 15) is 9.59 Å². The van der Waals surface area contributed by atoms with Gasteiger partial charge >= 0.3 is 6.09 Å². The van der Waals surface area contributed by atoms with Crippen molar-refractivity contribution in [1.29, 1.82) is 0 Å². The van der Waals surface area contributed by atoms with Crippen molar-refractivity contribution < 1.29 is 18.7 Å². The smallest absolute Gasteiger partial charge is 0.407 e. The van der Waals surface area contributed by atoms with Crippen LogP contribution in [0.3, 0.4) is 0 Å². The van der Waals surface area contributed by atoms with Crippen molar-refractivity contribution in [2.24, 2.45) is 5.92 Å². The van der Waals surface area contributed by atoms with Crippen LogP contribution in [0, 0.1) is 5.92 Å². The minimum absolute atomic E-state index is 0.0117. The number of furan rings is 1. The van der Waals surface area contributed by atoms with Gasteiger partial charge in [0.05, 0.1) is 11.8 Å². The first-order chi connectivity index (χ1) is 10.6. The molecular formula is C17H26N2O4. The van der Waals surface area contributed by atoms with Gasteiger partial charge < -0.3 is 19.8 Å². The van der Waals surface area contributed by atoms with Crippen molar-refractivity contribution in [3.63, 3.8) is 0 Å². The van der Waals surface area contributed by atoms with Crippen molar-refractivity contribution in [2.75, 3.05) is 6.54 Å². The topological polar surface area (TPSA) is 80.6 Å². The number of rotatable bonds is 5. The van der Waals surface area contributed by atoms with Crippen LogP contribution >= 0.6 is 0 Å². The molecule has 6 heteroatoms. The lowest BCUT2D eigenvalue weighted by Gasteiger charge is -2.28. The van der Waals surface area contributed by atoms with Crippen molar-refractivity contribution in [1.82, 2.24) is 10.6 Å². The summed E-state index contributed by atoms with van der Waals surface area (Å²) in [5.74, 6) is 0.957. The number of nitrogens with one attached hydrogen (secondary N) is 2. The van der Waals surface area contributed by atoms with E-state index in [0.717, 1.165) is 12.2 Å². The van der Waals surface area contributed by atoms with E-state index < -0.39 is 17.2 Å². The molecule has 128 valence electrons. The zero-order chi connectivity index (χ0) is 17.3. The van der Waals surface area contributed by atoms with E-state index in [1.54, 1.807) is 27.0 Å². The van der Waals surface area contributed by atoms with Gasteiger partial charge in [-0.05, 0) is 53.2 Å². The highest BCUT2D eigenvalue weighted by Gasteiger charge is 2.46. The fourth-order valence-corrected chi connectivity index (χ4v) is 2.38. The Labute approximate surface area is 137 Å². The lowest BCUT2D eigenvalue weighted by molar-refractivity contribution is -0.124. The van der Waals surface area contributed by atoms with Gasteiger partial charge in [0.25, 0.3) is 0 Å². The Morgan fingerprint density at radius 2 is 2.00 bits per heavy atom. The molecule has 0 unspecified atom stereocenters. The normalized spacial score (nSPS) is 20.7. The fourth-order valence-electron chi connectivity index (χ4n) is 2.38. The maximum atomic E-state index is 12.3. The Kier molecular flexibility index (Phi) is 4.73. The van der Waals surface area contributed by atoms with Crippen LogP contribution in [0.2, 0.25) is 0 Å². The van der Waals surface area contributed by atoms with Gasteiger partial charge in [0.1, 0.15) is 11.4 Å². The largest absolute Gasteiger partial charge is 0.469 e. The molecule has 1 aliphatic carbocycles. The lowest BCUT2D eigenvalue weighted by Crippen LogP contribution is -2.52. The average Bonchev–Trinajstić information content (AvgIpc) is 3.01. The molecule has 0 aliphatic heterocycles. The van der Waals surface area contributed by atoms with Crippen molar-refractivity contribution in [3.05, 3.63) is 24.2 Å². The summed E-state index contributed by atoms with van der Waals surface area (Å²) in [4.78, 5) is 24.0. The zero-order valence-corrected chi connectivity index (χ0v) is 14.4. The van der Waals surface area contributed by atoms with E-state index in [-0.39, 0.29) is 17.7 Å². The first kappa shape index (κ1) is 17.4. The molecule has 6 nitrogen and oxygen atoms in total. The van der Waals surface area contributed by atoms with E-state index in [4.69, 9.17) is 9.15 Å². The highest BCUT2D eigenvalue weighted by atomic mass is 16.6. The van der Waals surface area contributed by atoms with E-state index in [2.05, 4.69) is 10.6 Å². The predicted molar refractivity (Wildman–Crippen MR) is 86.0 cm³/mol. The molecule has 2 atom stereocenters. The first-order valence-electron chi connectivity index (χ1n) is 7.90. The van der Waals surface area contributed by atoms with Crippen LogP contribution in [0.5, 0.6) is 0 Å². The summed E-state index contributed by atoms with van der Waals surface area (Å²) >= 11 is 0. The standard InChI is InChI=1S/C17H26N2O4/c1-16(2,3)23-15(21)18-10-17(4,5)19-14(20)12-9-11(12)13-7-6-8-22-13/h6-8,11-12H,9-10H2,1-5H3,(H,18,21)(H,19,20)/t11-,12-/m0/s1. The van der Waals surface area contributed by atoms with Gasteiger partial charge in [-0.25, -0.2) is 4.79 Å². The van der Waals surface area contributed by atoms with Gasteiger partial charge in [0.2, 0.25) is 5.91 Å². The van der Waals surface area contributed by atoms with Gasteiger partial charge in [-0.15, -0.1) is 0 Å². The maximum absolute atomic E-state index is 12.3. The van der Waals surface area contributed by atoms with Crippen molar-refractivity contribution in [3.8, 4) is 0 Å². The number of hydrogen-bond donors (Lipinski definition) is 2. The Bertz CT molecular complexity index is 558. The summed E-state index contributed by atoms with van der Waals surface area (Å²) in [6, 6.07) is 3.73. The third kappa shape index (κ3) is 5.30. The Hall–Kier alpha value is -1.98. The van der Waals surface area contributed by atoms with Crippen LogP contribution in [-0.4, -0.2) is 29.7 Å². The van der Waals surface area contributed by atoms with E-state index in [1.807, 2.05) is 26.0 Å².